The largest absolute Gasteiger partial charge is 0.349 e. The Labute approximate surface area is 138 Å². The van der Waals surface area contributed by atoms with Crippen molar-refractivity contribution in [1.29, 1.82) is 0 Å². The minimum absolute atomic E-state index is 0.260. The van der Waals surface area contributed by atoms with Crippen LogP contribution in [0.1, 0.15) is 28.3 Å². The van der Waals surface area contributed by atoms with Crippen LogP contribution in [0.3, 0.4) is 0 Å². The molecular formula is C17H12F3N3O2. The van der Waals surface area contributed by atoms with E-state index in [-0.39, 0.29) is 23.6 Å². The third kappa shape index (κ3) is 2.79. The Bertz CT molecular complexity index is 1030. The summed E-state index contributed by atoms with van der Waals surface area (Å²) in [4.78, 5) is 28.7. The second-order valence-electron chi connectivity index (χ2n) is 6.06. The SMILES string of the molecule is O=C(N[C@@H]1C[C@H]1c1cc(F)c(F)c(F)c1)c1ccc2[nH]c(=O)[nH]c2c1. The summed E-state index contributed by atoms with van der Waals surface area (Å²) in [5.41, 5.74) is 1.39. The summed E-state index contributed by atoms with van der Waals surface area (Å²) in [6, 6.07) is 6.33. The molecule has 2 aromatic carbocycles. The first-order valence-corrected chi connectivity index (χ1v) is 7.60. The summed E-state index contributed by atoms with van der Waals surface area (Å²) in [6.45, 7) is 0. The molecule has 2 atom stereocenters. The van der Waals surface area contributed by atoms with Gasteiger partial charge < -0.3 is 15.3 Å². The van der Waals surface area contributed by atoms with Crippen molar-refractivity contribution in [2.24, 2.45) is 0 Å². The molecule has 1 heterocycles. The number of carbonyl (C=O) groups is 1. The highest BCUT2D eigenvalue weighted by Gasteiger charge is 2.40. The van der Waals surface area contributed by atoms with E-state index >= 15 is 0 Å². The normalized spacial score (nSPS) is 19.2. The fourth-order valence-electron chi connectivity index (χ4n) is 2.94. The molecule has 1 aromatic heterocycles. The second-order valence-corrected chi connectivity index (χ2v) is 6.06. The van der Waals surface area contributed by atoms with Crippen LogP contribution in [0.2, 0.25) is 0 Å². The Morgan fingerprint density at radius 2 is 1.72 bits per heavy atom. The van der Waals surface area contributed by atoms with Crippen molar-refractivity contribution < 1.29 is 18.0 Å². The lowest BCUT2D eigenvalue weighted by molar-refractivity contribution is 0.0950. The van der Waals surface area contributed by atoms with Gasteiger partial charge in [-0.2, -0.15) is 0 Å². The number of rotatable bonds is 3. The molecule has 1 aliphatic carbocycles. The molecule has 128 valence electrons. The van der Waals surface area contributed by atoms with Gasteiger partial charge in [-0.1, -0.05) is 0 Å². The van der Waals surface area contributed by atoms with E-state index in [0.717, 1.165) is 12.1 Å². The number of benzene rings is 2. The van der Waals surface area contributed by atoms with Gasteiger partial charge in [0.1, 0.15) is 0 Å². The highest BCUT2D eigenvalue weighted by Crippen LogP contribution is 2.41. The Kier molecular flexibility index (Phi) is 3.41. The van der Waals surface area contributed by atoms with Crippen molar-refractivity contribution >= 4 is 16.9 Å². The van der Waals surface area contributed by atoms with Crippen molar-refractivity contribution in [3.05, 3.63) is 69.4 Å². The molecule has 0 bridgehead atoms. The fourth-order valence-corrected chi connectivity index (χ4v) is 2.94. The van der Waals surface area contributed by atoms with E-state index in [4.69, 9.17) is 0 Å². The number of H-pyrrole nitrogens is 2. The summed E-state index contributed by atoms with van der Waals surface area (Å²) in [5.74, 6) is -4.61. The van der Waals surface area contributed by atoms with E-state index < -0.39 is 17.5 Å². The number of aromatic nitrogens is 2. The highest BCUT2D eigenvalue weighted by atomic mass is 19.2. The zero-order valence-corrected chi connectivity index (χ0v) is 12.7. The number of hydrogen-bond donors (Lipinski definition) is 3. The molecule has 4 rings (SSSR count). The number of hydrogen-bond acceptors (Lipinski definition) is 2. The van der Waals surface area contributed by atoms with Crippen molar-refractivity contribution in [2.45, 2.75) is 18.4 Å². The van der Waals surface area contributed by atoms with Gasteiger partial charge in [0.15, 0.2) is 17.5 Å². The molecule has 25 heavy (non-hydrogen) atoms. The van der Waals surface area contributed by atoms with Crippen molar-refractivity contribution in [3.63, 3.8) is 0 Å². The average Bonchev–Trinajstić information content (AvgIpc) is 3.22. The number of halogens is 3. The van der Waals surface area contributed by atoms with Gasteiger partial charge in [0.2, 0.25) is 0 Å². The van der Waals surface area contributed by atoms with Crippen LogP contribution in [0, 0.1) is 17.5 Å². The maximum atomic E-state index is 13.3. The quantitative estimate of drug-likeness (QED) is 0.637. The molecule has 1 amide bonds. The zero-order chi connectivity index (χ0) is 17.7. The van der Waals surface area contributed by atoms with Crippen LogP contribution in [0.5, 0.6) is 0 Å². The van der Waals surface area contributed by atoms with Crippen LogP contribution < -0.4 is 11.0 Å². The van der Waals surface area contributed by atoms with Crippen LogP contribution in [-0.4, -0.2) is 21.9 Å². The van der Waals surface area contributed by atoms with E-state index in [9.17, 15) is 22.8 Å². The summed E-state index contributed by atoms with van der Waals surface area (Å²) >= 11 is 0. The predicted molar refractivity (Wildman–Crippen MR) is 83.8 cm³/mol. The number of fused-ring (bicyclic) bond motifs is 1. The summed E-state index contributed by atoms with van der Waals surface area (Å²) in [5, 5.41) is 2.76. The van der Waals surface area contributed by atoms with Crippen LogP contribution in [0.4, 0.5) is 13.2 Å². The lowest BCUT2D eigenvalue weighted by atomic mass is 10.1. The van der Waals surface area contributed by atoms with Gasteiger partial charge >= 0.3 is 5.69 Å². The number of amides is 1. The summed E-state index contributed by atoms with van der Waals surface area (Å²) in [7, 11) is 0. The molecule has 0 unspecified atom stereocenters. The number of carbonyl (C=O) groups excluding carboxylic acids is 1. The van der Waals surface area contributed by atoms with Crippen molar-refractivity contribution in [2.75, 3.05) is 0 Å². The third-order valence-corrected chi connectivity index (χ3v) is 4.32. The van der Waals surface area contributed by atoms with Gasteiger partial charge in [-0.15, -0.1) is 0 Å². The van der Waals surface area contributed by atoms with Gasteiger partial charge in [-0.3, -0.25) is 4.79 Å². The van der Waals surface area contributed by atoms with Crippen LogP contribution >= 0.6 is 0 Å². The summed E-state index contributed by atoms with van der Waals surface area (Å²) in [6.07, 6.45) is 0.513. The first-order chi connectivity index (χ1) is 11.9. The minimum atomic E-state index is -1.50. The number of aromatic amines is 2. The van der Waals surface area contributed by atoms with Crippen LogP contribution in [-0.2, 0) is 0 Å². The smallest absolute Gasteiger partial charge is 0.323 e. The van der Waals surface area contributed by atoms with E-state index in [0.29, 0.717) is 28.6 Å². The van der Waals surface area contributed by atoms with Crippen LogP contribution in [0.15, 0.2) is 35.1 Å². The van der Waals surface area contributed by atoms with Gasteiger partial charge in [0.25, 0.3) is 5.91 Å². The zero-order valence-electron chi connectivity index (χ0n) is 12.7. The number of nitrogens with one attached hydrogen (secondary N) is 3. The highest BCUT2D eigenvalue weighted by molar-refractivity contribution is 5.97. The van der Waals surface area contributed by atoms with Gasteiger partial charge in [-0.25, -0.2) is 18.0 Å². The molecule has 5 nitrogen and oxygen atoms in total. The molecular weight excluding hydrogens is 335 g/mol. The first kappa shape index (κ1) is 15.5. The first-order valence-electron chi connectivity index (χ1n) is 7.60. The van der Waals surface area contributed by atoms with Gasteiger partial charge in [-0.05, 0) is 42.3 Å². The molecule has 0 radical (unpaired) electrons. The number of imidazole rings is 1. The molecule has 1 fully saturated rings. The monoisotopic (exact) mass is 347 g/mol. The molecule has 0 saturated heterocycles. The van der Waals surface area contributed by atoms with Gasteiger partial charge in [0, 0.05) is 17.5 Å². The van der Waals surface area contributed by atoms with Crippen LogP contribution in [0.25, 0.3) is 11.0 Å². The third-order valence-electron chi connectivity index (χ3n) is 4.32. The molecule has 0 spiro atoms. The predicted octanol–water partition coefficient (Wildman–Crippen LogP) is 2.56. The van der Waals surface area contributed by atoms with E-state index in [1.807, 2.05) is 0 Å². The maximum Gasteiger partial charge on any atom is 0.323 e. The fraction of sp³-hybridized carbons (Fsp3) is 0.176. The molecule has 3 N–H and O–H groups in total. The molecule has 1 saturated carbocycles. The van der Waals surface area contributed by atoms with E-state index in [2.05, 4.69) is 15.3 Å². The molecule has 0 aliphatic heterocycles. The molecule has 3 aromatic rings. The minimum Gasteiger partial charge on any atom is -0.349 e. The van der Waals surface area contributed by atoms with Crippen molar-refractivity contribution in [3.8, 4) is 0 Å². The Hall–Kier alpha value is -3.03. The van der Waals surface area contributed by atoms with E-state index in [1.165, 1.54) is 6.07 Å². The standard InChI is InChI=1S/C17H12F3N3O2/c18-10-3-8(4-11(19)15(10)20)9-6-13(9)21-16(24)7-1-2-12-14(5-7)23-17(25)22-12/h1-5,9,13H,6H2,(H,21,24)(H2,22,23,25)/t9-,13+/m0/s1. The lowest BCUT2D eigenvalue weighted by Crippen LogP contribution is -2.26. The maximum absolute atomic E-state index is 13.3. The molecule has 8 heteroatoms. The molecule has 1 aliphatic rings. The summed E-state index contributed by atoms with van der Waals surface area (Å²) < 4.78 is 39.6. The Morgan fingerprint density at radius 3 is 2.44 bits per heavy atom. The lowest BCUT2D eigenvalue weighted by Gasteiger charge is -2.06. The van der Waals surface area contributed by atoms with Crippen molar-refractivity contribution in [1.82, 2.24) is 15.3 Å². The van der Waals surface area contributed by atoms with E-state index in [1.54, 1.807) is 12.1 Å². The topological polar surface area (TPSA) is 77.8 Å². The second kappa shape index (κ2) is 5.51. The Balaban J connectivity index is 1.49. The average molecular weight is 347 g/mol. The van der Waals surface area contributed by atoms with Gasteiger partial charge in [0.05, 0.1) is 11.0 Å². The Morgan fingerprint density at radius 1 is 1.04 bits per heavy atom.